The highest BCUT2D eigenvalue weighted by Crippen LogP contribution is 2.60. The maximum atomic E-state index is 6.16. The first kappa shape index (κ1) is 18.1. The molecule has 1 aromatic heterocycles. The minimum absolute atomic E-state index is 0.180. The van der Waals surface area contributed by atoms with Gasteiger partial charge in [-0.1, -0.05) is 18.2 Å². The molecule has 1 aromatic carbocycles. The second-order valence-electron chi connectivity index (χ2n) is 9.95. The van der Waals surface area contributed by atoms with Crippen LogP contribution >= 0.6 is 12.2 Å². The van der Waals surface area contributed by atoms with Gasteiger partial charge in [0.1, 0.15) is 0 Å². The number of benzene rings is 1. The lowest BCUT2D eigenvalue weighted by Crippen LogP contribution is -2.49. The van der Waals surface area contributed by atoms with Crippen LogP contribution in [0.3, 0.4) is 0 Å². The first-order chi connectivity index (χ1) is 14.2. The molecular weight excluding hydrogens is 380 g/mol. The van der Waals surface area contributed by atoms with E-state index in [1.807, 2.05) is 4.68 Å². The fraction of sp³-hybridized carbons (Fsp3) is 0.652. The summed E-state index contributed by atoms with van der Waals surface area (Å²) >= 11 is 5.59. The van der Waals surface area contributed by atoms with E-state index in [2.05, 4.69) is 40.1 Å². The fourth-order valence-electron chi connectivity index (χ4n) is 6.96. The normalized spacial score (nSPS) is 34.1. The Labute approximate surface area is 177 Å². The number of hydrogen-bond donors (Lipinski definition) is 0. The summed E-state index contributed by atoms with van der Waals surface area (Å²) in [6.45, 7) is 4.87. The lowest BCUT2D eigenvalue weighted by Gasteiger charge is -2.55. The van der Waals surface area contributed by atoms with Gasteiger partial charge in [-0.2, -0.15) is 0 Å². The first-order valence-electron chi connectivity index (χ1n) is 11.3. The molecule has 0 amide bonds. The number of piperazine rings is 1. The zero-order valence-corrected chi connectivity index (χ0v) is 17.8. The Morgan fingerprint density at radius 2 is 1.55 bits per heavy atom. The summed E-state index contributed by atoms with van der Waals surface area (Å²) < 4.78 is 8.11. The number of nitrogens with zero attached hydrogens (tertiary/aromatic N) is 4. The third kappa shape index (κ3) is 3.25. The Morgan fingerprint density at radius 1 is 0.931 bits per heavy atom. The van der Waals surface area contributed by atoms with Gasteiger partial charge in [0.2, 0.25) is 5.89 Å². The third-order valence-electron chi connectivity index (χ3n) is 7.93. The summed E-state index contributed by atoms with van der Waals surface area (Å²) in [6.07, 6.45) is 8.11. The fourth-order valence-corrected chi connectivity index (χ4v) is 7.14. The van der Waals surface area contributed by atoms with Gasteiger partial charge in [0, 0.05) is 37.3 Å². The minimum atomic E-state index is 0.180. The smallest absolute Gasteiger partial charge is 0.288 e. The van der Waals surface area contributed by atoms with Crippen LogP contribution in [0.1, 0.15) is 44.4 Å². The van der Waals surface area contributed by atoms with Crippen molar-refractivity contribution in [2.45, 2.75) is 50.6 Å². The summed E-state index contributed by atoms with van der Waals surface area (Å²) in [5.74, 6) is 3.62. The Bertz CT molecular complexity index is 893. The second-order valence-corrected chi connectivity index (χ2v) is 10.3. The van der Waals surface area contributed by atoms with Crippen LogP contribution in [-0.2, 0) is 12.1 Å². The van der Waals surface area contributed by atoms with E-state index in [9.17, 15) is 0 Å². The van der Waals surface area contributed by atoms with Crippen LogP contribution in [-0.4, -0.2) is 40.9 Å². The standard InChI is InChI=1S/C23H30N4OS/c29-22-27(16-25-6-8-26(9-7-25)20-4-2-1-3-5-20)24-21(28-22)23-13-17-10-18(14-23)12-19(11-17)15-23/h1-5,17-19H,6-16H2. The molecule has 4 aliphatic carbocycles. The molecule has 4 bridgehead atoms. The zero-order valence-electron chi connectivity index (χ0n) is 17.0. The molecule has 5 fully saturated rings. The summed E-state index contributed by atoms with van der Waals surface area (Å²) in [5, 5.41) is 4.96. The largest absolute Gasteiger partial charge is 0.413 e. The maximum absolute atomic E-state index is 6.16. The van der Waals surface area contributed by atoms with E-state index in [1.54, 1.807) is 0 Å². The molecule has 5 nitrogen and oxygen atoms in total. The van der Waals surface area contributed by atoms with Gasteiger partial charge >= 0.3 is 0 Å². The van der Waals surface area contributed by atoms with Crippen molar-refractivity contribution in [3.8, 4) is 0 Å². The van der Waals surface area contributed by atoms with Crippen LogP contribution in [0.15, 0.2) is 34.7 Å². The average Bonchev–Trinajstić information content (AvgIpc) is 3.09. The van der Waals surface area contributed by atoms with Gasteiger partial charge in [-0.3, -0.25) is 4.90 Å². The van der Waals surface area contributed by atoms with Crippen LogP contribution in [0.25, 0.3) is 0 Å². The lowest BCUT2D eigenvalue weighted by molar-refractivity contribution is -0.0181. The lowest BCUT2D eigenvalue weighted by atomic mass is 9.49. The molecule has 2 aromatic rings. The molecule has 29 heavy (non-hydrogen) atoms. The Morgan fingerprint density at radius 3 is 2.17 bits per heavy atom. The molecule has 6 heteroatoms. The molecule has 0 spiro atoms. The zero-order chi connectivity index (χ0) is 19.4. The number of para-hydroxylation sites is 1. The van der Waals surface area contributed by atoms with E-state index < -0.39 is 0 Å². The van der Waals surface area contributed by atoms with Crippen LogP contribution in [0.5, 0.6) is 0 Å². The molecule has 0 N–H and O–H groups in total. The van der Waals surface area contributed by atoms with Crippen LogP contribution in [0, 0.1) is 22.6 Å². The highest BCUT2D eigenvalue weighted by Gasteiger charge is 2.54. The molecule has 0 unspecified atom stereocenters. The summed E-state index contributed by atoms with van der Waals surface area (Å²) in [7, 11) is 0. The second kappa shape index (κ2) is 6.95. The molecule has 7 rings (SSSR count). The van der Waals surface area contributed by atoms with Crippen molar-refractivity contribution in [1.29, 1.82) is 0 Å². The monoisotopic (exact) mass is 410 g/mol. The van der Waals surface area contributed by atoms with Crippen molar-refractivity contribution in [2.75, 3.05) is 31.1 Å². The topological polar surface area (TPSA) is 37.4 Å². The number of aromatic nitrogens is 2. The van der Waals surface area contributed by atoms with Crippen molar-refractivity contribution in [1.82, 2.24) is 14.7 Å². The van der Waals surface area contributed by atoms with Crippen molar-refractivity contribution < 1.29 is 4.42 Å². The third-order valence-corrected chi connectivity index (χ3v) is 8.22. The number of hydrogen-bond acceptors (Lipinski definition) is 5. The van der Waals surface area contributed by atoms with E-state index in [-0.39, 0.29) is 5.41 Å². The summed E-state index contributed by atoms with van der Waals surface area (Å²) in [4.78, 5) is 5.46. The molecular formula is C23H30N4OS. The highest BCUT2D eigenvalue weighted by atomic mass is 32.1. The molecule has 0 atom stereocenters. The molecule has 1 saturated heterocycles. The molecule has 0 radical (unpaired) electrons. The van der Waals surface area contributed by atoms with E-state index >= 15 is 0 Å². The van der Waals surface area contributed by atoms with Crippen LogP contribution in [0.2, 0.25) is 0 Å². The number of anilines is 1. The summed E-state index contributed by atoms with van der Waals surface area (Å²) in [6, 6.07) is 10.7. The van der Waals surface area contributed by atoms with Crippen molar-refractivity contribution in [3.63, 3.8) is 0 Å². The first-order valence-corrected chi connectivity index (χ1v) is 11.7. The van der Waals surface area contributed by atoms with E-state index in [0.29, 0.717) is 4.84 Å². The predicted octanol–water partition coefficient (Wildman–Crippen LogP) is 4.45. The van der Waals surface area contributed by atoms with E-state index in [1.165, 1.54) is 44.2 Å². The quantitative estimate of drug-likeness (QED) is 0.696. The van der Waals surface area contributed by atoms with Gasteiger partial charge in [-0.15, -0.1) is 5.10 Å². The van der Waals surface area contributed by atoms with Crippen molar-refractivity contribution >= 4 is 17.9 Å². The van der Waals surface area contributed by atoms with Crippen molar-refractivity contribution in [2.24, 2.45) is 17.8 Å². The SMILES string of the molecule is S=c1oc(C23CC4CC(CC(C4)C2)C3)nn1CN1CCN(c2ccccc2)CC1. The molecule has 4 saturated carbocycles. The highest BCUT2D eigenvalue weighted by molar-refractivity contribution is 7.71. The average molecular weight is 411 g/mol. The van der Waals surface area contributed by atoms with Gasteiger partial charge < -0.3 is 9.32 Å². The Kier molecular flexibility index (Phi) is 4.34. The van der Waals surface area contributed by atoms with Crippen molar-refractivity contribution in [3.05, 3.63) is 41.1 Å². The van der Waals surface area contributed by atoms with Gasteiger partial charge in [-0.25, -0.2) is 4.68 Å². The summed E-state index contributed by atoms with van der Waals surface area (Å²) in [5.41, 5.74) is 1.49. The van der Waals surface area contributed by atoms with Gasteiger partial charge in [-0.05, 0) is 80.6 Å². The molecule has 2 heterocycles. The Balaban J connectivity index is 1.15. The molecule has 1 aliphatic heterocycles. The van der Waals surface area contributed by atoms with Gasteiger partial charge in [0.25, 0.3) is 4.84 Å². The van der Waals surface area contributed by atoms with Gasteiger partial charge in [0.15, 0.2) is 0 Å². The van der Waals surface area contributed by atoms with E-state index in [0.717, 1.165) is 56.5 Å². The maximum Gasteiger partial charge on any atom is 0.288 e. The van der Waals surface area contributed by atoms with Gasteiger partial charge in [0.05, 0.1) is 6.67 Å². The minimum Gasteiger partial charge on any atom is -0.413 e. The number of rotatable bonds is 4. The molecule has 154 valence electrons. The molecule has 5 aliphatic rings. The van der Waals surface area contributed by atoms with Crippen LogP contribution < -0.4 is 4.90 Å². The van der Waals surface area contributed by atoms with E-state index in [4.69, 9.17) is 21.7 Å². The Hall–Kier alpha value is -1.66. The van der Waals surface area contributed by atoms with Crippen LogP contribution in [0.4, 0.5) is 5.69 Å². The predicted molar refractivity (Wildman–Crippen MR) is 115 cm³/mol.